The van der Waals surface area contributed by atoms with Crippen LogP contribution < -0.4 is 10.1 Å². The van der Waals surface area contributed by atoms with Crippen molar-refractivity contribution in [1.82, 2.24) is 5.32 Å². The summed E-state index contributed by atoms with van der Waals surface area (Å²) in [6, 6.07) is 5.04. The van der Waals surface area contributed by atoms with Gasteiger partial charge in [-0.2, -0.15) is 0 Å². The standard InChI is InChI=1S/C11H15ClFNO/c1-14-10(5-6-12)8-3-4-11(15-2)9(13)7-8/h3-4,7,10,14H,5-6H2,1-2H3. The lowest BCUT2D eigenvalue weighted by molar-refractivity contribution is 0.385. The van der Waals surface area contributed by atoms with Gasteiger partial charge in [-0.25, -0.2) is 4.39 Å². The van der Waals surface area contributed by atoms with Gasteiger partial charge in [0.05, 0.1) is 7.11 Å². The second kappa shape index (κ2) is 5.93. The third kappa shape index (κ3) is 3.08. The molecule has 0 bridgehead atoms. The minimum Gasteiger partial charge on any atom is -0.494 e. The molecule has 0 fully saturated rings. The molecule has 0 saturated carbocycles. The van der Waals surface area contributed by atoms with E-state index in [4.69, 9.17) is 16.3 Å². The average Bonchev–Trinajstić information content (AvgIpc) is 2.25. The van der Waals surface area contributed by atoms with Gasteiger partial charge in [-0.05, 0) is 31.2 Å². The molecule has 0 aliphatic carbocycles. The number of hydrogen-bond donors (Lipinski definition) is 1. The molecule has 1 N–H and O–H groups in total. The summed E-state index contributed by atoms with van der Waals surface area (Å²) in [7, 11) is 3.28. The Bertz CT molecular complexity index is 319. The van der Waals surface area contributed by atoms with E-state index in [1.807, 2.05) is 13.1 Å². The van der Waals surface area contributed by atoms with Crippen LogP contribution in [0.1, 0.15) is 18.0 Å². The largest absolute Gasteiger partial charge is 0.494 e. The molecule has 1 atom stereocenters. The summed E-state index contributed by atoms with van der Waals surface area (Å²) in [6.07, 6.45) is 0.768. The number of alkyl halides is 1. The SMILES string of the molecule is CNC(CCCl)c1ccc(OC)c(F)c1. The Labute approximate surface area is 94.4 Å². The fraction of sp³-hybridized carbons (Fsp3) is 0.455. The molecule has 4 heteroatoms. The van der Waals surface area contributed by atoms with Crippen LogP contribution in [0.5, 0.6) is 5.75 Å². The Kier molecular flexibility index (Phi) is 4.85. The van der Waals surface area contributed by atoms with Crippen molar-refractivity contribution in [2.75, 3.05) is 20.0 Å². The van der Waals surface area contributed by atoms with Crippen LogP contribution in [0.4, 0.5) is 4.39 Å². The van der Waals surface area contributed by atoms with Crippen molar-refractivity contribution in [2.45, 2.75) is 12.5 Å². The highest BCUT2D eigenvalue weighted by molar-refractivity contribution is 6.17. The molecule has 84 valence electrons. The molecule has 0 aliphatic heterocycles. The van der Waals surface area contributed by atoms with E-state index < -0.39 is 0 Å². The van der Waals surface area contributed by atoms with Gasteiger partial charge < -0.3 is 10.1 Å². The third-order valence-electron chi connectivity index (χ3n) is 2.32. The zero-order chi connectivity index (χ0) is 11.3. The molecule has 15 heavy (non-hydrogen) atoms. The first-order valence-electron chi connectivity index (χ1n) is 4.79. The van der Waals surface area contributed by atoms with Gasteiger partial charge in [0.2, 0.25) is 0 Å². The van der Waals surface area contributed by atoms with Gasteiger partial charge in [0.25, 0.3) is 0 Å². The van der Waals surface area contributed by atoms with Gasteiger partial charge in [0.1, 0.15) is 0 Å². The molecule has 0 aliphatic rings. The van der Waals surface area contributed by atoms with Gasteiger partial charge in [-0.15, -0.1) is 11.6 Å². The van der Waals surface area contributed by atoms with E-state index in [2.05, 4.69) is 5.32 Å². The van der Waals surface area contributed by atoms with Crippen LogP contribution in [0.15, 0.2) is 18.2 Å². The highest BCUT2D eigenvalue weighted by Gasteiger charge is 2.11. The molecule has 1 unspecified atom stereocenters. The monoisotopic (exact) mass is 231 g/mol. The van der Waals surface area contributed by atoms with Crippen molar-refractivity contribution < 1.29 is 9.13 Å². The maximum atomic E-state index is 13.4. The lowest BCUT2D eigenvalue weighted by Gasteiger charge is -2.15. The minimum absolute atomic E-state index is 0.0860. The minimum atomic E-state index is -0.343. The molecule has 0 spiro atoms. The van der Waals surface area contributed by atoms with Gasteiger partial charge in [0.15, 0.2) is 11.6 Å². The molecule has 2 nitrogen and oxygen atoms in total. The number of benzene rings is 1. The predicted octanol–water partition coefficient (Wildman–Crippen LogP) is 2.72. The summed E-state index contributed by atoms with van der Waals surface area (Å²) < 4.78 is 18.3. The number of rotatable bonds is 5. The molecule has 1 aromatic carbocycles. The summed E-state index contributed by atoms with van der Waals surface area (Å²) >= 11 is 5.66. The Morgan fingerprint density at radius 1 is 1.53 bits per heavy atom. The van der Waals surface area contributed by atoms with Crippen LogP contribution in [0.2, 0.25) is 0 Å². The third-order valence-corrected chi connectivity index (χ3v) is 2.54. The number of halogens is 2. The predicted molar refractivity (Wildman–Crippen MR) is 60.1 cm³/mol. The lowest BCUT2D eigenvalue weighted by Crippen LogP contribution is -2.17. The second-order valence-electron chi connectivity index (χ2n) is 3.21. The van der Waals surface area contributed by atoms with Gasteiger partial charge in [-0.1, -0.05) is 6.07 Å². The maximum Gasteiger partial charge on any atom is 0.165 e. The summed E-state index contributed by atoms with van der Waals surface area (Å²) in [4.78, 5) is 0. The Morgan fingerprint density at radius 2 is 2.27 bits per heavy atom. The molecular weight excluding hydrogens is 217 g/mol. The van der Waals surface area contributed by atoms with Gasteiger partial charge in [0, 0.05) is 11.9 Å². The van der Waals surface area contributed by atoms with E-state index in [9.17, 15) is 4.39 Å². The van der Waals surface area contributed by atoms with Crippen molar-refractivity contribution in [3.05, 3.63) is 29.6 Å². The van der Waals surface area contributed by atoms with Crippen molar-refractivity contribution in [3.63, 3.8) is 0 Å². The Balaban J connectivity index is 2.89. The quantitative estimate of drug-likeness (QED) is 0.787. The zero-order valence-corrected chi connectivity index (χ0v) is 9.64. The van der Waals surface area contributed by atoms with Crippen LogP contribution in [-0.4, -0.2) is 20.0 Å². The molecule has 0 heterocycles. The Morgan fingerprint density at radius 3 is 2.73 bits per heavy atom. The topological polar surface area (TPSA) is 21.3 Å². The van der Waals surface area contributed by atoms with Crippen LogP contribution in [0.3, 0.4) is 0 Å². The summed E-state index contributed by atoms with van der Waals surface area (Å²) in [5.41, 5.74) is 0.886. The van der Waals surface area contributed by atoms with Crippen LogP contribution in [0.25, 0.3) is 0 Å². The van der Waals surface area contributed by atoms with E-state index in [1.165, 1.54) is 13.2 Å². The molecule has 0 radical (unpaired) electrons. The normalized spacial score (nSPS) is 12.5. The molecule has 0 saturated heterocycles. The molecule has 0 aromatic heterocycles. The van der Waals surface area contributed by atoms with E-state index in [0.29, 0.717) is 5.88 Å². The fourth-order valence-corrected chi connectivity index (χ4v) is 1.70. The zero-order valence-electron chi connectivity index (χ0n) is 8.89. The van der Waals surface area contributed by atoms with Crippen LogP contribution in [0, 0.1) is 5.82 Å². The van der Waals surface area contributed by atoms with Crippen LogP contribution >= 0.6 is 11.6 Å². The molecule has 0 amide bonds. The smallest absolute Gasteiger partial charge is 0.165 e. The number of ether oxygens (including phenoxy) is 1. The van der Waals surface area contributed by atoms with Crippen molar-refractivity contribution in [2.24, 2.45) is 0 Å². The number of hydrogen-bond acceptors (Lipinski definition) is 2. The van der Waals surface area contributed by atoms with E-state index in [1.54, 1.807) is 6.07 Å². The van der Waals surface area contributed by atoms with Gasteiger partial charge >= 0.3 is 0 Å². The fourth-order valence-electron chi connectivity index (χ4n) is 1.49. The summed E-state index contributed by atoms with van der Waals surface area (Å²) in [6.45, 7) is 0. The van der Waals surface area contributed by atoms with Crippen molar-refractivity contribution in [1.29, 1.82) is 0 Å². The molecule has 1 rings (SSSR count). The summed E-state index contributed by atoms with van der Waals surface area (Å²) in [5, 5.41) is 3.09. The highest BCUT2D eigenvalue weighted by atomic mass is 35.5. The van der Waals surface area contributed by atoms with E-state index in [-0.39, 0.29) is 17.6 Å². The van der Waals surface area contributed by atoms with Gasteiger partial charge in [-0.3, -0.25) is 0 Å². The van der Waals surface area contributed by atoms with Crippen molar-refractivity contribution in [3.8, 4) is 5.75 Å². The molecule has 1 aromatic rings. The number of methoxy groups -OCH3 is 1. The lowest BCUT2D eigenvalue weighted by atomic mass is 10.0. The first-order chi connectivity index (χ1) is 7.22. The highest BCUT2D eigenvalue weighted by Crippen LogP contribution is 2.23. The summed E-state index contributed by atoms with van der Waals surface area (Å²) in [5.74, 6) is 0.461. The van der Waals surface area contributed by atoms with Crippen LogP contribution in [-0.2, 0) is 0 Å². The first kappa shape index (κ1) is 12.3. The average molecular weight is 232 g/mol. The first-order valence-corrected chi connectivity index (χ1v) is 5.33. The van der Waals surface area contributed by atoms with E-state index >= 15 is 0 Å². The number of nitrogens with one attached hydrogen (secondary N) is 1. The Hall–Kier alpha value is -0.800. The van der Waals surface area contributed by atoms with E-state index in [0.717, 1.165) is 12.0 Å². The second-order valence-corrected chi connectivity index (χ2v) is 3.59. The van der Waals surface area contributed by atoms with Crippen molar-refractivity contribution >= 4 is 11.6 Å². The maximum absolute atomic E-state index is 13.4. The molecular formula is C11H15ClFNO.